The van der Waals surface area contributed by atoms with Gasteiger partial charge in [0.05, 0.1) is 12.3 Å². The summed E-state index contributed by atoms with van der Waals surface area (Å²) in [6, 6.07) is 4.49. The molecule has 0 saturated heterocycles. The van der Waals surface area contributed by atoms with Crippen LogP contribution in [0.1, 0.15) is 34.7 Å². The third-order valence-corrected chi connectivity index (χ3v) is 3.95. The topological polar surface area (TPSA) is 25.2 Å². The Morgan fingerprint density at radius 1 is 1.44 bits per heavy atom. The lowest BCUT2D eigenvalue weighted by Gasteiger charge is -2.15. The Bertz CT molecular complexity index is 458. The molecule has 86 valence electrons. The van der Waals surface area contributed by atoms with Gasteiger partial charge in [-0.1, -0.05) is 6.92 Å². The molecule has 16 heavy (non-hydrogen) atoms. The Kier molecular flexibility index (Phi) is 3.46. The molecule has 0 saturated carbocycles. The van der Waals surface area contributed by atoms with Gasteiger partial charge >= 0.3 is 0 Å². The highest BCUT2D eigenvalue weighted by atomic mass is 32.1. The predicted octanol–water partition coefficient (Wildman–Crippen LogP) is 3.52. The Labute approximate surface area is 100 Å². The molecule has 2 aromatic rings. The van der Waals surface area contributed by atoms with E-state index in [0.717, 1.165) is 12.2 Å². The summed E-state index contributed by atoms with van der Waals surface area (Å²) in [5, 5.41) is 5.51. The molecule has 2 heterocycles. The minimum absolute atomic E-state index is 0.258. The fourth-order valence-electron chi connectivity index (χ4n) is 2.00. The number of hydrogen-bond donors (Lipinski definition) is 1. The predicted molar refractivity (Wildman–Crippen MR) is 68.0 cm³/mol. The summed E-state index contributed by atoms with van der Waals surface area (Å²) < 4.78 is 5.50. The van der Waals surface area contributed by atoms with Crippen LogP contribution >= 0.6 is 11.3 Å². The van der Waals surface area contributed by atoms with E-state index in [1.54, 1.807) is 17.6 Å². The molecule has 2 aromatic heterocycles. The standard InChI is InChI=1S/C13H17NOS/c1-4-11-10(5-7-15-11)12(14-3)13-9(2)6-8-16-13/h5-8,12,14H,4H2,1-3H3. The van der Waals surface area contributed by atoms with Crippen molar-refractivity contribution in [2.24, 2.45) is 0 Å². The van der Waals surface area contributed by atoms with Crippen molar-refractivity contribution in [3.63, 3.8) is 0 Å². The molecule has 0 aliphatic rings. The zero-order chi connectivity index (χ0) is 11.5. The first-order valence-corrected chi connectivity index (χ1v) is 6.43. The van der Waals surface area contributed by atoms with Crippen LogP contribution in [0.2, 0.25) is 0 Å². The molecule has 0 fully saturated rings. The van der Waals surface area contributed by atoms with Gasteiger partial charge in [-0.05, 0) is 37.0 Å². The Hall–Kier alpha value is -1.06. The average Bonchev–Trinajstić information content (AvgIpc) is 2.90. The number of furan rings is 1. The number of aryl methyl sites for hydroxylation is 2. The molecule has 0 spiro atoms. The highest BCUT2D eigenvalue weighted by molar-refractivity contribution is 7.10. The van der Waals surface area contributed by atoms with Crippen molar-refractivity contribution in [2.45, 2.75) is 26.3 Å². The number of rotatable bonds is 4. The molecule has 1 atom stereocenters. The Morgan fingerprint density at radius 2 is 2.25 bits per heavy atom. The maximum Gasteiger partial charge on any atom is 0.108 e. The summed E-state index contributed by atoms with van der Waals surface area (Å²) >= 11 is 1.80. The average molecular weight is 235 g/mol. The first-order chi connectivity index (χ1) is 7.77. The molecule has 2 nitrogen and oxygen atoms in total. The fourth-order valence-corrected chi connectivity index (χ4v) is 3.06. The van der Waals surface area contributed by atoms with Gasteiger partial charge in [0, 0.05) is 16.9 Å². The Balaban J connectivity index is 2.40. The van der Waals surface area contributed by atoms with Crippen molar-refractivity contribution in [2.75, 3.05) is 7.05 Å². The van der Waals surface area contributed by atoms with E-state index in [2.05, 4.69) is 36.7 Å². The third-order valence-electron chi connectivity index (χ3n) is 2.86. The smallest absolute Gasteiger partial charge is 0.108 e. The van der Waals surface area contributed by atoms with Gasteiger partial charge in [0.25, 0.3) is 0 Å². The summed E-state index contributed by atoms with van der Waals surface area (Å²) in [4.78, 5) is 1.37. The van der Waals surface area contributed by atoms with E-state index in [1.165, 1.54) is 16.0 Å². The van der Waals surface area contributed by atoms with Crippen LogP contribution in [0.15, 0.2) is 28.2 Å². The number of thiophene rings is 1. The highest BCUT2D eigenvalue weighted by Crippen LogP contribution is 2.31. The van der Waals surface area contributed by atoms with Crippen molar-refractivity contribution in [1.82, 2.24) is 5.32 Å². The number of nitrogens with one attached hydrogen (secondary N) is 1. The van der Waals surface area contributed by atoms with Crippen LogP contribution in [0.3, 0.4) is 0 Å². The second-order valence-corrected chi connectivity index (χ2v) is 4.79. The normalized spacial score (nSPS) is 12.9. The van der Waals surface area contributed by atoms with E-state index in [4.69, 9.17) is 4.42 Å². The van der Waals surface area contributed by atoms with Crippen molar-refractivity contribution in [3.05, 3.63) is 45.5 Å². The number of hydrogen-bond acceptors (Lipinski definition) is 3. The molecule has 2 rings (SSSR count). The molecule has 3 heteroatoms. The van der Waals surface area contributed by atoms with Crippen LogP contribution in [-0.4, -0.2) is 7.05 Å². The lowest BCUT2D eigenvalue weighted by molar-refractivity contribution is 0.505. The quantitative estimate of drug-likeness (QED) is 0.877. The van der Waals surface area contributed by atoms with Gasteiger partial charge in [0.15, 0.2) is 0 Å². The van der Waals surface area contributed by atoms with Crippen LogP contribution in [0, 0.1) is 6.92 Å². The molecular formula is C13H17NOS. The molecule has 0 amide bonds. The van der Waals surface area contributed by atoms with E-state index in [-0.39, 0.29) is 6.04 Å². The van der Waals surface area contributed by atoms with Gasteiger partial charge in [-0.3, -0.25) is 0 Å². The molecule has 1 unspecified atom stereocenters. The lowest BCUT2D eigenvalue weighted by atomic mass is 10.0. The van der Waals surface area contributed by atoms with Gasteiger partial charge in [-0.2, -0.15) is 0 Å². The highest BCUT2D eigenvalue weighted by Gasteiger charge is 2.19. The first-order valence-electron chi connectivity index (χ1n) is 5.55. The van der Waals surface area contributed by atoms with Crippen molar-refractivity contribution < 1.29 is 4.42 Å². The third kappa shape index (κ3) is 1.93. The zero-order valence-corrected chi connectivity index (χ0v) is 10.7. The maximum absolute atomic E-state index is 5.50. The van der Waals surface area contributed by atoms with Crippen molar-refractivity contribution >= 4 is 11.3 Å². The van der Waals surface area contributed by atoms with Gasteiger partial charge in [0.2, 0.25) is 0 Å². The van der Waals surface area contributed by atoms with Gasteiger partial charge < -0.3 is 9.73 Å². The van der Waals surface area contributed by atoms with E-state index in [9.17, 15) is 0 Å². The summed E-state index contributed by atoms with van der Waals surface area (Å²) in [5.41, 5.74) is 2.60. The van der Waals surface area contributed by atoms with Crippen LogP contribution in [-0.2, 0) is 6.42 Å². The molecule has 0 radical (unpaired) electrons. The van der Waals surface area contributed by atoms with Crippen molar-refractivity contribution in [3.8, 4) is 0 Å². The largest absolute Gasteiger partial charge is 0.469 e. The second kappa shape index (κ2) is 4.85. The van der Waals surface area contributed by atoms with E-state index in [1.807, 2.05) is 7.05 Å². The molecule has 0 aliphatic heterocycles. The van der Waals surface area contributed by atoms with E-state index >= 15 is 0 Å². The van der Waals surface area contributed by atoms with Crippen LogP contribution in [0.4, 0.5) is 0 Å². The maximum atomic E-state index is 5.50. The molecule has 0 bridgehead atoms. The minimum atomic E-state index is 0.258. The first kappa shape index (κ1) is 11.4. The zero-order valence-electron chi connectivity index (χ0n) is 9.91. The van der Waals surface area contributed by atoms with E-state index in [0.29, 0.717) is 0 Å². The van der Waals surface area contributed by atoms with Gasteiger partial charge in [-0.25, -0.2) is 0 Å². The van der Waals surface area contributed by atoms with Crippen LogP contribution in [0.25, 0.3) is 0 Å². The summed E-state index contributed by atoms with van der Waals surface area (Å²) in [6.07, 6.45) is 2.71. The van der Waals surface area contributed by atoms with Gasteiger partial charge in [-0.15, -0.1) is 11.3 Å². The SMILES string of the molecule is CCc1occc1C(NC)c1sccc1C. The monoisotopic (exact) mass is 235 g/mol. The minimum Gasteiger partial charge on any atom is -0.469 e. The van der Waals surface area contributed by atoms with Crippen LogP contribution < -0.4 is 5.32 Å². The van der Waals surface area contributed by atoms with Gasteiger partial charge in [0.1, 0.15) is 5.76 Å². The van der Waals surface area contributed by atoms with E-state index < -0.39 is 0 Å². The molecular weight excluding hydrogens is 218 g/mol. The lowest BCUT2D eigenvalue weighted by Crippen LogP contribution is -2.17. The summed E-state index contributed by atoms with van der Waals surface area (Å²) in [6.45, 7) is 4.28. The molecule has 0 aliphatic carbocycles. The van der Waals surface area contributed by atoms with Crippen molar-refractivity contribution in [1.29, 1.82) is 0 Å². The Morgan fingerprint density at radius 3 is 2.81 bits per heavy atom. The molecule has 1 N–H and O–H groups in total. The van der Waals surface area contributed by atoms with Crippen LogP contribution in [0.5, 0.6) is 0 Å². The fraction of sp³-hybridized carbons (Fsp3) is 0.385. The summed E-state index contributed by atoms with van der Waals surface area (Å²) in [5.74, 6) is 1.08. The molecule has 0 aromatic carbocycles. The second-order valence-electron chi connectivity index (χ2n) is 3.84. The summed E-state index contributed by atoms with van der Waals surface area (Å²) in [7, 11) is 2.00.